The summed E-state index contributed by atoms with van der Waals surface area (Å²) in [5, 5.41) is 0. The topological polar surface area (TPSA) is 0 Å². The molecule has 1 saturated carbocycles. The molecular formula is C13H14BrF3. The number of hydrogen-bond donors (Lipinski definition) is 0. The highest BCUT2D eigenvalue weighted by Gasteiger charge is 2.36. The van der Waals surface area contributed by atoms with E-state index in [0.717, 1.165) is 32.1 Å². The Kier molecular flexibility index (Phi) is 3.81. The van der Waals surface area contributed by atoms with Gasteiger partial charge in [0.1, 0.15) is 0 Å². The van der Waals surface area contributed by atoms with Gasteiger partial charge < -0.3 is 0 Å². The smallest absolute Gasteiger partial charge is 0.166 e. The maximum atomic E-state index is 13.0. The zero-order valence-electron chi connectivity index (χ0n) is 9.36. The molecule has 1 aliphatic rings. The molecule has 0 aliphatic heterocycles. The van der Waals surface area contributed by atoms with Crippen LogP contribution in [0.15, 0.2) is 22.7 Å². The SMILES string of the molecule is FC(F)(F)c1cccc(Br)c1C1CCCCC1. The minimum absolute atomic E-state index is 0.0518. The van der Waals surface area contributed by atoms with Crippen LogP contribution in [0.4, 0.5) is 13.2 Å². The molecule has 17 heavy (non-hydrogen) atoms. The predicted molar refractivity (Wildman–Crippen MR) is 65.0 cm³/mol. The van der Waals surface area contributed by atoms with Crippen LogP contribution in [0.2, 0.25) is 0 Å². The van der Waals surface area contributed by atoms with Gasteiger partial charge in [-0.25, -0.2) is 0 Å². The molecule has 0 bridgehead atoms. The molecule has 4 heteroatoms. The zero-order chi connectivity index (χ0) is 12.5. The van der Waals surface area contributed by atoms with Gasteiger partial charge >= 0.3 is 6.18 Å². The third-order valence-electron chi connectivity index (χ3n) is 3.37. The lowest BCUT2D eigenvalue weighted by Crippen LogP contribution is -2.14. The maximum absolute atomic E-state index is 13.0. The second kappa shape index (κ2) is 5.01. The first-order valence-corrected chi connectivity index (χ1v) is 6.65. The Morgan fingerprint density at radius 3 is 2.29 bits per heavy atom. The van der Waals surface area contributed by atoms with Crippen molar-refractivity contribution in [3.05, 3.63) is 33.8 Å². The Labute approximate surface area is 107 Å². The Morgan fingerprint density at radius 1 is 1.06 bits per heavy atom. The van der Waals surface area contributed by atoms with Gasteiger partial charge in [-0.1, -0.05) is 41.3 Å². The fourth-order valence-electron chi connectivity index (χ4n) is 2.59. The molecule has 0 atom stereocenters. The highest BCUT2D eigenvalue weighted by atomic mass is 79.9. The van der Waals surface area contributed by atoms with E-state index < -0.39 is 11.7 Å². The van der Waals surface area contributed by atoms with Crippen molar-refractivity contribution in [1.29, 1.82) is 0 Å². The van der Waals surface area contributed by atoms with E-state index in [1.807, 2.05) is 0 Å². The van der Waals surface area contributed by atoms with Crippen LogP contribution in [0.5, 0.6) is 0 Å². The summed E-state index contributed by atoms with van der Waals surface area (Å²) in [5.74, 6) is 0.0518. The molecule has 0 radical (unpaired) electrons. The van der Waals surface area contributed by atoms with Crippen molar-refractivity contribution >= 4 is 15.9 Å². The molecule has 0 N–H and O–H groups in total. The van der Waals surface area contributed by atoms with E-state index in [2.05, 4.69) is 15.9 Å². The van der Waals surface area contributed by atoms with Gasteiger partial charge in [-0.3, -0.25) is 0 Å². The summed E-state index contributed by atoms with van der Waals surface area (Å²) in [6.45, 7) is 0. The summed E-state index contributed by atoms with van der Waals surface area (Å²) in [5.41, 5.74) is -0.0153. The first kappa shape index (κ1) is 12.9. The lowest BCUT2D eigenvalue weighted by atomic mass is 9.82. The van der Waals surface area contributed by atoms with Crippen molar-refractivity contribution in [1.82, 2.24) is 0 Å². The van der Waals surface area contributed by atoms with E-state index in [0.29, 0.717) is 10.0 Å². The van der Waals surface area contributed by atoms with Gasteiger partial charge in [-0.05, 0) is 36.5 Å². The number of halogens is 4. The van der Waals surface area contributed by atoms with Crippen molar-refractivity contribution in [3.63, 3.8) is 0 Å². The number of alkyl halides is 3. The Bertz CT molecular complexity index is 392. The highest BCUT2D eigenvalue weighted by Crippen LogP contribution is 2.43. The van der Waals surface area contributed by atoms with Gasteiger partial charge in [-0.2, -0.15) is 13.2 Å². The van der Waals surface area contributed by atoms with Crippen LogP contribution >= 0.6 is 15.9 Å². The van der Waals surface area contributed by atoms with Crippen LogP contribution in [0.3, 0.4) is 0 Å². The zero-order valence-corrected chi connectivity index (χ0v) is 10.9. The van der Waals surface area contributed by atoms with E-state index in [1.54, 1.807) is 6.07 Å². The Hall–Kier alpha value is -0.510. The quantitative estimate of drug-likeness (QED) is 0.641. The molecule has 0 spiro atoms. The summed E-state index contributed by atoms with van der Waals surface area (Å²) in [6.07, 6.45) is 0.683. The van der Waals surface area contributed by atoms with Gasteiger partial charge in [0.25, 0.3) is 0 Å². The maximum Gasteiger partial charge on any atom is 0.416 e. The van der Waals surface area contributed by atoms with E-state index in [9.17, 15) is 13.2 Å². The van der Waals surface area contributed by atoms with E-state index in [-0.39, 0.29) is 5.92 Å². The number of benzene rings is 1. The average molecular weight is 307 g/mol. The summed E-state index contributed by atoms with van der Waals surface area (Å²) >= 11 is 3.28. The van der Waals surface area contributed by atoms with Crippen LogP contribution in [-0.2, 0) is 6.18 Å². The normalized spacial score (nSPS) is 18.4. The summed E-state index contributed by atoms with van der Waals surface area (Å²) < 4.78 is 39.5. The first-order chi connectivity index (χ1) is 8.00. The van der Waals surface area contributed by atoms with E-state index in [4.69, 9.17) is 0 Å². The molecule has 1 aromatic rings. The first-order valence-electron chi connectivity index (χ1n) is 5.86. The predicted octanol–water partition coefficient (Wildman–Crippen LogP) is 5.52. The summed E-state index contributed by atoms with van der Waals surface area (Å²) in [7, 11) is 0. The fourth-order valence-corrected chi connectivity index (χ4v) is 3.28. The van der Waals surface area contributed by atoms with Crippen molar-refractivity contribution < 1.29 is 13.2 Å². The third-order valence-corrected chi connectivity index (χ3v) is 4.06. The molecule has 2 rings (SSSR count). The highest BCUT2D eigenvalue weighted by molar-refractivity contribution is 9.10. The summed E-state index contributed by atoms with van der Waals surface area (Å²) in [4.78, 5) is 0. The summed E-state index contributed by atoms with van der Waals surface area (Å²) in [6, 6.07) is 4.35. The minimum Gasteiger partial charge on any atom is -0.166 e. The van der Waals surface area contributed by atoms with Gasteiger partial charge in [0.15, 0.2) is 0 Å². The van der Waals surface area contributed by atoms with Crippen LogP contribution in [0, 0.1) is 0 Å². The molecule has 1 aromatic carbocycles. The monoisotopic (exact) mass is 306 g/mol. The second-order valence-corrected chi connectivity index (χ2v) is 5.39. The molecule has 94 valence electrons. The van der Waals surface area contributed by atoms with Crippen LogP contribution in [0.25, 0.3) is 0 Å². The van der Waals surface area contributed by atoms with Crippen molar-refractivity contribution in [2.24, 2.45) is 0 Å². The van der Waals surface area contributed by atoms with E-state index >= 15 is 0 Å². The van der Waals surface area contributed by atoms with Crippen molar-refractivity contribution in [2.75, 3.05) is 0 Å². The molecule has 1 fully saturated rings. The lowest BCUT2D eigenvalue weighted by molar-refractivity contribution is -0.138. The van der Waals surface area contributed by atoms with Gasteiger partial charge in [0, 0.05) is 4.47 Å². The van der Waals surface area contributed by atoms with Gasteiger partial charge in [-0.15, -0.1) is 0 Å². The number of hydrogen-bond acceptors (Lipinski definition) is 0. The molecule has 0 heterocycles. The fraction of sp³-hybridized carbons (Fsp3) is 0.538. The molecule has 0 nitrogen and oxygen atoms in total. The van der Waals surface area contributed by atoms with Gasteiger partial charge in [0.05, 0.1) is 5.56 Å². The third kappa shape index (κ3) is 2.84. The van der Waals surface area contributed by atoms with Crippen molar-refractivity contribution in [2.45, 2.75) is 44.2 Å². The molecule has 0 amide bonds. The molecular weight excluding hydrogens is 293 g/mol. The standard InChI is InChI=1S/C13H14BrF3/c14-11-8-4-7-10(13(15,16)17)12(11)9-5-2-1-3-6-9/h4,7-9H,1-3,5-6H2. The van der Waals surface area contributed by atoms with Crippen LogP contribution in [-0.4, -0.2) is 0 Å². The molecule has 0 saturated heterocycles. The minimum atomic E-state index is -4.25. The number of rotatable bonds is 1. The van der Waals surface area contributed by atoms with Gasteiger partial charge in [0.2, 0.25) is 0 Å². The van der Waals surface area contributed by atoms with Crippen molar-refractivity contribution in [3.8, 4) is 0 Å². The second-order valence-electron chi connectivity index (χ2n) is 4.53. The molecule has 0 unspecified atom stereocenters. The largest absolute Gasteiger partial charge is 0.416 e. The molecule has 1 aliphatic carbocycles. The lowest BCUT2D eigenvalue weighted by Gasteiger charge is -2.26. The van der Waals surface area contributed by atoms with Crippen LogP contribution < -0.4 is 0 Å². The Balaban J connectivity index is 2.43. The average Bonchev–Trinajstić information content (AvgIpc) is 2.28. The van der Waals surface area contributed by atoms with Crippen LogP contribution in [0.1, 0.15) is 49.1 Å². The molecule has 0 aromatic heterocycles. The van der Waals surface area contributed by atoms with E-state index in [1.165, 1.54) is 12.1 Å². The Morgan fingerprint density at radius 2 is 1.71 bits per heavy atom.